The molecular weight excluding hydrogens is 580 g/mol. The standard InChI is InChI=1S/C26H18BrF6N3O2/c1-14(35(2)23(37)15-11-16(25(28,29)30)13-17(12-15)26(31,32)33)22-34-21-6-4-3-5-20(21)24(38)36(22)19-9-7-18(27)8-10-19/h3-14H,1-2H3. The van der Waals surface area contributed by atoms with Gasteiger partial charge in [0.1, 0.15) is 5.82 Å². The number of halogens is 7. The average molecular weight is 598 g/mol. The minimum Gasteiger partial charge on any atom is -0.332 e. The number of nitrogens with zero attached hydrogens (tertiary/aromatic N) is 3. The molecular formula is C26H18BrF6N3O2. The normalized spacial score (nSPS) is 13.0. The second-order valence-electron chi connectivity index (χ2n) is 8.49. The van der Waals surface area contributed by atoms with Gasteiger partial charge < -0.3 is 4.90 Å². The number of alkyl halides is 6. The van der Waals surface area contributed by atoms with E-state index in [0.29, 0.717) is 23.3 Å². The molecule has 0 saturated carbocycles. The lowest BCUT2D eigenvalue weighted by atomic mass is 10.0. The summed E-state index contributed by atoms with van der Waals surface area (Å²) in [6.45, 7) is 1.47. The SMILES string of the molecule is CC(c1nc2ccccc2c(=O)n1-c1ccc(Br)cc1)N(C)C(=O)c1cc(C(F)(F)F)cc(C(F)(F)F)c1. The van der Waals surface area contributed by atoms with Crippen LogP contribution in [0.2, 0.25) is 0 Å². The van der Waals surface area contributed by atoms with E-state index in [1.165, 1.54) is 18.5 Å². The second kappa shape index (κ2) is 9.90. The molecule has 5 nitrogen and oxygen atoms in total. The first-order valence-electron chi connectivity index (χ1n) is 11.0. The molecule has 1 heterocycles. The van der Waals surface area contributed by atoms with Gasteiger partial charge in [-0.15, -0.1) is 0 Å². The number of carbonyl (C=O) groups excluding carboxylic acids is 1. The van der Waals surface area contributed by atoms with Gasteiger partial charge in [-0.2, -0.15) is 26.3 Å². The molecule has 1 atom stereocenters. The van der Waals surface area contributed by atoms with E-state index >= 15 is 0 Å². The molecule has 0 spiro atoms. The van der Waals surface area contributed by atoms with E-state index < -0.39 is 46.6 Å². The smallest absolute Gasteiger partial charge is 0.332 e. The molecule has 0 saturated heterocycles. The first-order valence-corrected chi connectivity index (χ1v) is 11.8. The summed E-state index contributed by atoms with van der Waals surface area (Å²) in [7, 11) is 1.22. The number of para-hydroxylation sites is 1. The first-order chi connectivity index (χ1) is 17.7. The van der Waals surface area contributed by atoms with Crippen LogP contribution in [0.5, 0.6) is 0 Å². The zero-order valence-electron chi connectivity index (χ0n) is 19.7. The zero-order valence-corrected chi connectivity index (χ0v) is 21.3. The van der Waals surface area contributed by atoms with Crippen LogP contribution in [0.4, 0.5) is 26.3 Å². The molecule has 4 aromatic rings. The fourth-order valence-corrected chi connectivity index (χ4v) is 4.17. The molecule has 38 heavy (non-hydrogen) atoms. The van der Waals surface area contributed by atoms with Crippen molar-refractivity contribution in [1.29, 1.82) is 0 Å². The van der Waals surface area contributed by atoms with Crippen LogP contribution in [0, 0.1) is 0 Å². The molecule has 0 N–H and O–H groups in total. The Labute approximate surface area is 220 Å². The first kappa shape index (κ1) is 27.4. The number of benzene rings is 3. The largest absolute Gasteiger partial charge is 0.416 e. The lowest BCUT2D eigenvalue weighted by Gasteiger charge is -2.27. The summed E-state index contributed by atoms with van der Waals surface area (Å²) in [5.74, 6) is -1.05. The number of amides is 1. The summed E-state index contributed by atoms with van der Waals surface area (Å²) >= 11 is 3.32. The van der Waals surface area contributed by atoms with Crippen molar-refractivity contribution in [3.8, 4) is 5.69 Å². The number of carbonyl (C=O) groups is 1. The Balaban J connectivity index is 1.85. The van der Waals surface area contributed by atoms with Crippen molar-refractivity contribution < 1.29 is 31.1 Å². The fraction of sp³-hybridized carbons (Fsp3) is 0.192. The molecule has 0 aliphatic carbocycles. The number of fused-ring (bicyclic) bond motifs is 1. The highest BCUT2D eigenvalue weighted by Crippen LogP contribution is 2.37. The van der Waals surface area contributed by atoms with Crippen LogP contribution < -0.4 is 5.56 Å². The summed E-state index contributed by atoms with van der Waals surface area (Å²) in [6, 6.07) is 12.8. The van der Waals surface area contributed by atoms with E-state index in [2.05, 4.69) is 20.9 Å². The Morgan fingerprint density at radius 1 is 0.921 bits per heavy atom. The van der Waals surface area contributed by atoms with Crippen molar-refractivity contribution in [3.05, 3.63) is 104 Å². The van der Waals surface area contributed by atoms with Gasteiger partial charge in [-0.1, -0.05) is 28.1 Å². The third-order valence-corrected chi connectivity index (χ3v) is 6.52. The predicted molar refractivity (Wildman–Crippen MR) is 132 cm³/mol. The van der Waals surface area contributed by atoms with E-state index in [1.807, 2.05) is 0 Å². The highest BCUT2D eigenvalue weighted by Gasteiger charge is 2.38. The molecule has 1 aromatic heterocycles. The summed E-state index contributed by atoms with van der Waals surface area (Å²) < 4.78 is 82.0. The maximum atomic E-state index is 13.5. The molecule has 1 amide bonds. The van der Waals surface area contributed by atoms with Crippen LogP contribution in [-0.4, -0.2) is 27.4 Å². The Hall–Kier alpha value is -3.67. The minimum atomic E-state index is -5.11. The highest BCUT2D eigenvalue weighted by atomic mass is 79.9. The molecule has 0 radical (unpaired) electrons. The number of aromatic nitrogens is 2. The van der Waals surface area contributed by atoms with Crippen molar-refractivity contribution in [3.63, 3.8) is 0 Å². The maximum absolute atomic E-state index is 13.5. The third kappa shape index (κ3) is 5.31. The van der Waals surface area contributed by atoms with Crippen LogP contribution >= 0.6 is 15.9 Å². The van der Waals surface area contributed by atoms with E-state index in [4.69, 9.17) is 0 Å². The quantitative estimate of drug-likeness (QED) is 0.238. The molecule has 1 unspecified atom stereocenters. The van der Waals surface area contributed by atoms with E-state index in [9.17, 15) is 35.9 Å². The van der Waals surface area contributed by atoms with Gasteiger partial charge in [0.15, 0.2) is 0 Å². The van der Waals surface area contributed by atoms with Crippen molar-refractivity contribution in [2.45, 2.75) is 25.3 Å². The number of rotatable bonds is 4. The summed E-state index contributed by atoms with van der Waals surface area (Å²) in [4.78, 5) is 32.2. The molecule has 4 rings (SSSR count). The van der Waals surface area contributed by atoms with Gasteiger partial charge in [-0.3, -0.25) is 14.2 Å². The molecule has 0 bridgehead atoms. The second-order valence-corrected chi connectivity index (χ2v) is 9.41. The molecule has 3 aromatic carbocycles. The van der Waals surface area contributed by atoms with Gasteiger partial charge in [0, 0.05) is 17.1 Å². The fourth-order valence-electron chi connectivity index (χ4n) is 3.90. The summed E-state index contributed by atoms with van der Waals surface area (Å²) in [5.41, 5.74) is -3.76. The van der Waals surface area contributed by atoms with Gasteiger partial charge in [-0.05, 0) is 61.5 Å². The van der Waals surface area contributed by atoms with Crippen LogP contribution in [-0.2, 0) is 12.4 Å². The highest BCUT2D eigenvalue weighted by molar-refractivity contribution is 9.10. The van der Waals surface area contributed by atoms with E-state index in [1.54, 1.807) is 48.5 Å². The van der Waals surface area contributed by atoms with Crippen molar-refractivity contribution in [2.75, 3.05) is 7.05 Å². The van der Waals surface area contributed by atoms with Gasteiger partial charge in [0.05, 0.1) is 33.8 Å². The predicted octanol–water partition coefficient (Wildman–Crippen LogP) is 7.02. The van der Waals surface area contributed by atoms with Crippen molar-refractivity contribution in [1.82, 2.24) is 14.5 Å². The Kier molecular flexibility index (Phi) is 7.13. The van der Waals surface area contributed by atoms with Gasteiger partial charge in [-0.25, -0.2) is 4.98 Å². The third-order valence-electron chi connectivity index (χ3n) is 6.00. The van der Waals surface area contributed by atoms with E-state index in [0.717, 1.165) is 9.37 Å². The lowest BCUT2D eigenvalue weighted by Crippen LogP contribution is -2.35. The Morgan fingerprint density at radius 2 is 1.47 bits per heavy atom. The zero-order chi connectivity index (χ0) is 28.0. The van der Waals surface area contributed by atoms with Gasteiger partial charge >= 0.3 is 12.4 Å². The summed E-state index contributed by atoms with van der Waals surface area (Å²) in [5, 5.41) is 0.285. The van der Waals surface area contributed by atoms with Gasteiger partial charge in [0.2, 0.25) is 0 Å². The molecule has 0 fully saturated rings. The average Bonchev–Trinajstić information content (AvgIpc) is 2.86. The monoisotopic (exact) mass is 597 g/mol. The van der Waals surface area contributed by atoms with Crippen LogP contribution in [0.3, 0.4) is 0 Å². The molecule has 0 aliphatic rings. The summed E-state index contributed by atoms with van der Waals surface area (Å²) in [6.07, 6.45) is -10.2. The van der Waals surface area contributed by atoms with Crippen LogP contribution in [0.25, 0.3) is 16.6 Å². The van der Waals surface area contributed by atoms with Crippen LogP contribution in [0.1, 0.15) is 40.3 Å². The number of hydrogen-bond donors (Lipinski definition) is 0. The molecule has 0 aliphatic heterocycles. The van der Waals surface area contributed by atoms with Crippen LogP contribution in [0.15, 0.2) is 76.0 Å². The van der Waals surface area contributed by atoms with Crippen molar-refractivity contribution in [2.24, 2.45) is 0 Å². The Morgan fingerprint density at radius 3 is 2.03 bits per heavy atom. The van der Waals surface area contributed by atoms with E-state index in [-0.39, 0.29) is 17.3 Å². The molecule has 198 valence electrons. The lowest BCUT2D eigenvalue weighted by molar-refractivity contribution is -0.143. The minimum absolute atomic E-state index is 0.0453. The molecule has 12 heteroatoms. The van der Waals surface area contributed by atoms with Gasteiger partial charge in [0.25, 0.3) is 11.5 Å². The number of hydrogen-bond acceptors (Lipinski definition) is 3. The van der Waals surface area contributed by atoms with Crippen molar-refractivity contribution >= 4 is 32.7 Å². The Bertz CT molecular complexity index is 1550. The maximum Gasteiger partial charge on any atom is 0.416 e. The topological polar surface area (TPSA) is 55.2 Å².